The van der Waals surface area contributed by atoms with Gasteiger partial charge in [0.15, 0.2) is 0 Å². The van der Waals surface area contributed by atoms with E-state index in [0.717, 1.165) is 13.1 Å². The molecule has 0 spiro atoms. The maximum Gasteiger partial charge on any atom is 0.253 e. The lowest BCUT2D eigenvalue weighted by atomic mass is 9.82. The summed E-state index contributed by atoms with van der Waals surface area (Å²) in [7, 11) is 1.59. The molecule has 0 N–H and O–H groups in total. The Morgan fingerprint density at radius 3 is 2.58 bits per heavy atom. The van der Waals surface area contributed by atoms with Gasteiger partial charge < -0.3 is 9.64 Å². The van der Waals surface area contributed by atoms with E-state index < -0.39 is 0 Å². The molecule has 0 unspecified atom stereocenters. The molecule has 1 aliphatic heterocycles. The molecule has 1 saturated carbocycles. The number of hydrogen-bond acceptors (Lipinski definition) is 5. The highest BCUT2D eigenvalue weighted by Gasteiger charge is 2.36. The first kappa shape index (κ1) is 15.1. The fourth-order valence-corrected chi connectivity index (χ4v) is 4.03. The number of nitrogens with zero attached hydrogens (tertiary/aromatic N) is 5. The number of carbonyl (C=O) groups is 1. The number of tetrazole rings is 1. The van der Waals surface area contributed by atoms with Gasteiger partial charge in [-0.3, -0.25) is 4.79 Å². The van der Waals surface area contributed by atoms with Crippen LogP contribution in [-0.4, -0.2) is 51.2 Å². The third kappa shape index (κ3) is 2.64. The number of carbonyl (C=O) groups excluding carboxylic acids is 1. The Bertz CT molecular complexity index is 717. The average molecular weight is 327 g/mol. The lowest BCUT2D eigenvalue weighted by Gasteiger charge is -2.22. The minimum Gasteiger partial charge on any atom is -0.494 e. The molecule has 1 aromatic carbocycles. The summed E-state index contributed by atoms with van der Waals surface area (Å²) in [5.74, 6) is 2.08. The molecule has 1 saturated heterocycles. The molecule has 1 aliphatic carbocycles. The van der Waals surface area contributed by atoms with E-state index in [1.807, 2.05) is 11.0 Å². The highest BCUT2D eigenvalue weighted by molar-refractivity contribution is 5.95. The molecule has 2 fully saturated rings. The Labute approximate surface area is 140 Å². The van der Waals surface area contributed by atoms with E-state index in [2.05, 4.69) is 15.5 Å². The number of benzene rings is 1. The highest BCUT2D eigenvalue weighted by atomic mass is 16.5. The second kappa shape index (κ2) is 6.22. The van der Waals surface area contributed by atoms with Crippen LogP contribution in [0.1, 0.15) is 36.0 Å². The third-order valence-corrected chi connectivity index (χ3v) is 5.29. The molecule has 2 aliphatic rings. The lowest BCUT2D eigenvalue weighted by molar-refractivity contribution is 0.0784. The Hall–Kier alpha value is -2.44. The normalized spacial score (nSPS) is 23.1. The Morgan fingerprint density at radius 1 is 1.21 bits per heavy atom. The van der Waals surface area contributed by atoms with Gasteiger partial charge in [0, 0.05) is 18.7 Å². The summed E-state index contributed by atoms with van der Waals surface area (Å²) in [6.45, 7) is 1.77. The molecule has 2 aromatic rings. The zero-order valence-electron chi connectivity index (χ0n) is 13.8. The average Bonchev–Trinajstić information content (AvgIpc) is 3.29. The molecule has 4 rings (SSSR count). The maximum absolute atomic E-state index is 12.9. The number of methoxy groups -OCH3 is 1. The molecule has 2 heterocycles. The Kier molecular flexibility index (Phi) is 3.92. The first-order valence-corrected chi connectivity index (χ1v) is 8.47. The monoisotopic (exact) mass is 327 g/mol. The quantitative estimate of drug-likeness (QED) is 0.861. The molecule has 0 bridgehead atoms. The van der Waals surface area contributed by atoms with Crippen molar-refractivity contribution in [1.29, 1.82) is 0 Å². The minimum absolute atomic E-state index is 0.0846. The minimum atomic E-state index is 0.0846. The van der Waals surface area contributed by atoms with Gasteiger partial charge in [-0.25, -0.2) is 0 Å². The van der Waals surface area contributed by atoms with Crippen LogP contribution in [-0.2, 0) is 0 Å². The van der Waals surface area contributed by atoms with Crippen LogP contribution >= 0.6 is 0 Å². The van der Waals surface area contributed by atoms with Crippen molar-refractivity contribution in [2.24, 2.45) is 11.8 Å². The molecule has 24 heavy (non-hydrogen) atoms. The smallest absolute Gasteiger partial charge is 0.253 e. The lowest BCUT2D eigenvalue weighted by Crippen LogP contribution is -2.29. The topological polar surface area (TPSA) is 73.1 Å². The van der Waals surface area contributed by atoms with Crippen LogP contribution in [0, 0.1) is 11.8 Å². The van der Waals surface area contributed by atoms with E-state index in [9.17, 15) is 4.79 Å². The molecular weight excluding hydrogens is 306 g/mol. The number of aromatic nitrogens is 4. The van der Waals surface area contributed by atoms with E-state index in [1.165, 1.54) is 36.7 Å². The van der Waals surface area contributed by atoms with Gasteiger partial charge in [0.1, 0.15) is 17.8 Å². The van der Waals surface area contributed by atoms with Gasteiger partial charge in [0.25, 0.3) is 5.91 Å². The standard InChI is InChI=1S/C17H21N5O2/c1-24-16-7-6-12(8-15(16)22-11-18-19-20-22)17(23)21-9-13-4-2-3-5-14(13)10-21/h6-8,11,13-14H,2-5,9-10H2,1H3/t13-,14+. The predicted molar refractivity (Wildman–Crippen MR) is 87.1 cm³/mol. The van der Waals surface area contributed by atoms with Crippen molar-refractivity contribution in [2.75, 3.05) is 20.2 Å². The molecule has 7 heteroatoms. The molecule has 2 atom stereocenters. The van der Waals surface area contributed by atoms with E-state index in [4.69, 9.17) is 4.74 Å². The van der Waals surface area contributed by atoms with Crippen LogP contribution in [0.25, 0.3) is 5.69 Å². The third-order valence-electron chi connectivity index (χ3n) is 5.29. The summed E-state index contributed by atoms with van der Waals surface area (Å²) in [5, 5.41) is 11.2. The molecular formula is C17H21N5O2. The van der Waals surface area contributed by atoms with Crippen LogP contribution in [0.5, 0.6) is 5.75 Å². The van der Waals surface area contributed by atoms with Gasteiger partial charge in [-0.05, 0) is 53.3 Å². The fourth-order valence-electron chi connectivity index (χ4n) is 4.03. The van der Waals surface area contributed by atoms with E-state index in [1.54, 1.807) is 19.2 Å². The number of ether oxygens (including phenoxy) is 1. The van der Waals surface area contributed by atoms with Crippen molar-refractivity contribution in [2.45, 2.75) is 25.7 Å². The van der Waals surface area contributed by atoms with Gasteiger partial charge in [-0.1, -0.05) is 12.8 Å². The first-order chi connectivity index (χ1) is 11.8. The van der Waals surface area contributed by atoms with Crippen molar-refractivity contribution in [3.8, 4) is 11.4 Å². The van der Waals surface area contributed by atoms with Crippen molar-refractivity contribution in [3.05, 3.63) is 30.1 Å². The summed E-state index contributed by atoms with van der Waals surface area (Å²) in [5.41, 5.74) is 1.32. The SMILES string of the molecule is COc1ccc(C(=O)N2C[C@H]3CCCC[C@H]3C2)cc1-n1cnnn1. The number of rotatable bonds is 3. The summed E-state index contributed by atoms with van der Waals surface area (Å²) in [6.07, 6.45) is 6.61. The van der Waals surface area contributed by atoms with Crippen LogP contribution in [0.3, 0.4) is 0 Å². The molecule has 1 amide bonds. The van der Waals surface area contributed by atoms with Crippen LogP contribution in [0.2, 0.25) is 0 Å². The van der Waals surface area contributed by atoms with Crippen molar-refractivity contribution in [3.63, 3.8) is 0 Å². The van der Waals surface area contributed by atoms with Gasteiger partial charge in [0.2, 0.25) is 0 Å². The maximum atomic E-state index is 12.9. The van der Waals surface area contributed by atoms with Crippen LogP contribution < -0.4 is 4.74 Å². The van der Waals surface area contributed by atoms with Crippen LogP contribution in [0.4, 0.5) is 0 Å². The van der Waals surface area contributed by atoms with Crippen molar-refractivity contribution >= 4 is 5.91 Å². The Balaban J connectivity index is 1.60. The first-order valence-electron chi connectivity index (χ1n) is 8.47. The summed E-state index contributed by atoms with van der Waals surface area (Å²) in [4.78, 5) is 14.9. The Morgan fingerprint density at radius 2 is 1.96 bits per heavy atom. The van der Waals surface area contributed by atoms with Gasteiger partial charge >= 0.3 is 0 Å². The van der Waals surface area contributed by atoms with E-state index in [-0.39, 0.29) is 5.91 Å². The second-order valence-electron chi connectivity index (χ2n) is 6.66. The van der Waals surface area contributed by atoms with Gasteiger partial charge in [-0.15, -0.1) is 5.10 Å². The summed E-state index contributed by atoms with van der Waals surface area (Å²) in [6, 6.07) is 5.42. The summed E-state index contributed by atoms with van der Waals surface area (Å²) >= 11 is 0. The van der Waals surface area contributed by atoms with Gasteiger partial charge in [-0.2, -0.15) is 4.68 Å². The fraction of sp³-hybridized carbons (Fsp3) is 0.529. The number of hydrogen-bond donors (Lipinski definition) is 0. The molecule has 7 nitrogen and oxygen atoms in total. The highest BCUT2D eigenvalue weighted by Crippen LogP contribution is 2.36. The molecule has 1 aromatic heterocycles. The largest absolute Gasteiger partial charge is 0.494 e. The summed E-state index contributed by atoms with van der Waals surface area (Å²) < 4.78 is 6.88. The van der Waals surface area contributed by atoms with Crippen LogP contribution in [0.15, 0.2) is 24.5 Å². The molecule has 126 valence electrons. The zero-order valence-corrected chi connectivity index (χ0v) is 13.8. The number of likely N-dealkylation sites (tertiary alicyclic amines) is 1. The van der Waals surface area contributed by atoms with Crippen molar-refractivity contribution < 1.29 is 9.53 Å². The van der Waals surface area contributed by atoms with Gasteiger partial charge in [0.05, 0.1) is 7.11 Å². The number of amides is 1. The van der Waals surface area contributed by atoms with Crippen molar-refractivity contribution in [1.82, 2.24) is 25.1 Å². The molecule has 0 radical (unpaired) electrons. The number of fused-ring (bicyclic) bond motifs is 1. The van der Waals surface area contributed by atoms with E-state index in [0.29, 0.717) is 28.8 Å². The van der Waals surface area contributed by atoms with E-state index >= 15 is 0 Å². The predicted octanol–water partition coefficient (Wildman–Crippen LogP) is 1.93. The second-order valence-corrected chi connectivity index (χ2v) is 6.66. The zero-order chi connectivity index (χ0) is 16.5.